The zero-order valence-corrected chi connectivity index (χ0v) is 14.9. The number of amides is 1. The fourth-order valence-corrected chi connectivity index (χ4v) is 3.88. The van der Waals surface area contributed by atoms with E-state index in [9.17, 15) is 18.0 Å². The van der Waals surface area contributed by atoms with Crippen molar-refractivity contribution < 1.29 is 22.7 Å². The van der Waals surface area contributed by atoms with Gasteiger partial charge in [0, 0.05) is 5.69 Å². The molecule has 0 radical (unpaired) electrons. The average Bonchev–Trinajstić information content (AvgIpc) is 2.85. The Morgan fingerprint density at radius 1 is 1.42 bits per heavy atom. The molecule has 1 amide bonds. The first-order valence-electron chi connectivity index (χ1n) is 7.76. The van der Waals surface area contributed by atoms with Gasteiger partial charge in [-0.1, -0.05) is 20.3 Å². The summed E-state index contributed by atoms with van der Waals surface area (Å²) in [4.78, 5) is 23.6. The lowest BCUT2D eigenvalue weighted by atomic mass is 10.0. The van der Waals surface area contributed by atoms with Crippen LogP contribution in [0.3, 0.4) is 0 Å². The fraction of sp³-hybridized carbons (Fsp3) is 0.500. The van der Waals surface area contributed by atoms with E-state index in [0.717, 1.165) is 0 Å². The first-order chi connectivity index (χ1) is 11.2. The fourth-order valence-electron chi connectivity index (χ4n) is 2.56. The Labute approximate surface area is 141 Å². The number of esters is 1. The first kappa shape index (κ1) is 18.4. The number of methoxy groups -OCH3 is 1. The third-order valence-corrected chi connectivity index (χ3v) is 5.84. The number of ether oxygens (including phenoxy) is 1. The van der Waals surface area contributed by atoms with Gasteiger partial charge in [0.1, 0.15) is 6.04 Å². The van der Waals surface area contributed by atoms with E-state index in [1.54, 1.807) is 19.9 Å². The van der Waals surface area contributed by atoms with Crippen molar-refractivity contribution in [2.75, 3.05) is 12.4 Å². The molecule has 24 heavy (non-hydrogen) atoms. The zero-order valence-electron chi connectivity index (χ0n) is 14.1. The van der Waals surface area contributed by atoms with Crippen molar-refractivity contribution in [2.24, 2.45) is 5.92 Å². The van der Waals surface area contributed by atoms with Crippen LogP contribution in [0.25, 0.3) is 0 Å². The predicted molar refractivity (Wildman–Crippen MR) is 89.1 cm³/mol. The molecule has 2 rings (SSSR count). The SMILES string of the molecule is CC[C@@H](C)[C@@H](NS(=O)(=O)c1ccc2c(c1)[C@H](C)C(=O)N2)C(=O)OC. The number of rotatable bonds is 6. The summed E-state index contributed by atoms with van der Waals surface area (Å²) in [7, 11) is -2.70. The van der Waals surface area contributed by atoms with E-state index in [-0.39, 0.29) is 16.7 Å². The number of hydrogen-bond acceptors (Lipinski definition) is 5. The van der Waals surface area contributed by atoms with E-state index in [1.807, 2.05) is 6.92 Å². The number of nitrogens with one attached hydrogen (secondary N) is 2. The quantitative estimate of drug-likeness (QED) is 0.756. The Kier molecular flexibility index (Phi) is 5.29. The molecule has 0 spiro atoms. The molecule has 1 aliphatic heterocycles. The lowest BCUT2D eigenvalue weighted by Crippen LogP contribution is -2.45. The Morgan fingerprint density at radius 3 is 2.67 bits per heavy atom. The summed E-state index contributed by atoms with van der Waals surface area (Å²) in [6, 6.07) is 3.47. The molecule has 2 N–H and O–H groups in total. The van der Waals surface area contributed by atoms with Crippen molar-refractivity contribution in [3.05, 3.63) is 23.8 Å². The topological polar surface area (TPSA) is 102 Å². The van der Waals surface area contributed by atoms with E-state index in [1.165, 1.54) is 19.2 Å². The smallest absolute Gasteiger partial charge is 0.324 e. The molecule has 1 aromatic rings. The minimum atomic E-state index is -3.92. The van der Waals surface area contributed by atoms with E-state index < -0.39 is 28.0 Å². The number of sulfonamides is 1. The molecule has 0 unspecified atom stereocenters. The van der Waals surface area contributed by atoms with Gasteiger partial charge < -0.3 is 10.1 Å². The van der Waals surface area contributed by atoms with Crippen molar-refractivity contribution >= 4 is 27.6 Å². The van der Waals surface area contributed by atoms with Gasteiger partial charge in [-0.2, -0.15) is 4.72 Å². The van der Waals surface area contributed by atoms with Crippen LogP contribution in [0.1, 0.15) is 38.7 Å². The predicted octanol–water partition coefficient (Wildman–Crippen LogP) is 1.61. The van der Waals surface area contributed by atoms with Gasteiger partial charge in [-0.3, -0.25) is 9.59 Å². The number of hydrogen-bond donors (Lipinski definition) is 2. The third kappa shape index (κ3) is 3.44. The van der Waals surface area contributed by atoms with E-state index >= 15 is 0 Å². The normalized spacial score (nSPS) is 19.3. The van der Waals surface area contributed by atoms with Crippen LogP contribution in [-0.4, -0.2) is 33.4 Å². The molecule has 1 aromatic carbocycles. The summed E-state index contributed by atoms with van der Waals surface area (Å²) >= 11 is 0. The molecule has 0 aliphatic carbocycles. The van der Waals surface area contributed by atoms with Gasteiger partial charge in [0.25, 0.3) is 0 Å². The van der Waals surface area contributed by atoms with Crippen molar-refractivity contribution in [1.82, 2.24) is 4.72 Å². The minimum absolute atomic E-state index is 0.0156. The molecule has 1 aliphatic rings. The Bertz CT molecular complexity index is 760. The van der Waals surface area contributed by atoms with Gasteiger partial charge in [0.2, 0.25) is 15.9 Å². The highest BCUT2D eigenvalue weighted by molar-refractivity contribution is 7.89. The molecule has 0 aromatic heterocycles. The minimum Gasteiger partial charge on any atom is -0.468 e. The van der Waals surface area contributed by atoms with Crippen LogP contribution in [-0.2, 0) is 24.3 Å². The van der Waals surface area contributed by atoms with Gasteiger partial charge in [-0.25, -0.2) is 8.42 Å². The van der Waals surface area contributed by atoms with Gasteiger partial charge in [-0.15, -0.1) is 0 Å². The number of carbonyl (C=O) groups is 2. The Balaban J connectivity index is 2.34. The number of fused-ring (bicyclic) bond motifs is 1. The maximum Gasteiger partial charge on any atom is 0.324 e. The molecular weight excluding hydrogens is 332 g/mol. The molecule has 0 bridgehead atoms. The zero-order chi connectivity index (χ0) is 18.1. The molecular formula is C16H22N2O5S. The molecule has 3 atom stereocenters. The molecule has 0 saturated heterocycles. The molecule has 132 valence electrons. The van der Waals surface area contributed by atoms with Gasteiger partial charge >= 0.3 is 5.97 Å². The van der Waals surface area contributed by atoms with Crippen LogP contribution >= 0.6 is 0 Å². The van der Waals surface area contributed by atoms with Crippen molar-refractivity contribution in [3.8, 4) is 0 Å². The van der Waals surface area contributed by atoms with Crippen LogP contribution in [0, 0.1) is 5.92 Å². The van der Waals surface area contributed by atoms with Gasteiger partial charge in [0.15, 0.2) is 0 Å². The summed E-state index contributed by atoms with van der Waals surface area (Å²) in [6.07, 6.45) is 0.613. The second kappa shape index (κ2) is 6.90. The van der Waals surface area contributed by atoms with E-state index in [4.69, 9.17) is 4.74 Å². The number of carbonyl (C=O) groups excluding carboxylic acids is 2. The number of benzene rings is 1. The molecule has 7 nitrogen and oxygen atoms in total. The number of anilines is 1. The molecule has 0 fully saturated rings. The van der Waals surface area contributed by atoms with Crippen LogP contribution in [0.2, 0.25) is 0 Å². The van der Waals surface area contributed by atoms with E-state index in [2.05, 4.69) is 10.0 Å². The van der Waals surface area contributed by atoms with Gasteiger partial charge in [-0.05, 0) is 36.6 Å². The van der Waals surface area contributed by atoms with Crippen LogP contribution < -0.4 is 10.0 Å². The van der Waals surface area contributed by atoms with Crippen molar-refractivity contribution in [1.29, 1.82) is 0 Å². The molecule has 8 heteroatoms. The summed E-state index contributed by atoms with van der Waals surface area (Å²) in [5.74, 6) is -1.43. The lowest BCUT2D eigenvalue weighted by molar-refractivity contribution is -0.143. The summed E-state index contributed by atoms with van der Waals surface area (Å²) in [6.45, 7) is 5.35. The van der Waals surface area contributed by atoms with Crippen molar-refractivity contribution in [3.63, 3.8) is 0 Å². The highest BCUT2D eigenvalue weighted by atomic mass is 32.2. The second-order valence-corrected chi connectivity index (χ2v) is 7.68. The summed E-state index contributed by atoms with van der Waals surface area (Å²) in [5.41, 5.74) is 1.24. The van der Waals surface area contributed by atoms with Crippen LogP contribution in [0.15, 0.2) is 23.1 Å². The van der Waals surface area contributed by atoms with Crippen LogP contribution in [0.4, 0.5) is 5.69 Å². The average molecular weight is 354 g/mol. The maximum atomic E-state index is 12.6. The molecule has 0 saturated carbocycles. The lowest BCUT2D eigenvalue weighted by Gasteiger charge is -2.22. The summed E-state index contributed by atoms with van der Waals surface area (Å²) in [5, 5.41) is 2.69. The largest absolute Gasteiger partial charge is 0.468 e. The highest BCUT2D eigenvalue weighted by Gasteiger charge is 2.32. The Hall–Kier alpha value is -1.93. The Morgan fingerprint density at radius 2 is 2.08 bits per heavy atom. The molecule has 1 heterocycles. The standard InChI is InChI=1S/C16H22N2O5S/c1-5-9(2)14(16(20)23-4)18-24(21,22)11-6-7-13-12(8-11)10(3)15(19)17-13/h6-10,14,18H,5H2,1-4H3,(H,17,19)/t9-,10+,14-/m1/s1. The monoisotopic (exact) mass is 354 g/mol. The van der Waals surface area contributed by atoms with Crippen LogP contribution in [0.5, 0.6) is 0 Å². The highest BCUT2D eigenvalue weighted by Crippen LogP contribution is 2.33. The summed E-state index contributed by atoms with van der Waals surface area (Å²) < 4.78 is 32.4. The maximum absolute atomic E-state index is 12.6. The van der Waals surface area contributed by atoms with Crippen molar-refractivity contribution in [2.45, 2.75) is 44.0 Å². The van der Waals surface area contributed by atoms with E-state index in [0.29, 0.717) is 17.7 Å². The van der Waals surface area contributed by atoms with Gasteiger partial charge in [0.05, 0.1) is 17.9 Å². The third-order valence-electron chi connectivity index (χ3n) is 4.40. The second-order valence-electron chi connectivity index (χ2n) is 5.97. The first-order valence-corrected chi connectivity index (χ1v) is 9.24.